The lowest BCUT2D eigenvalue weighted by Gasteiger charge is -2.47. The van der Waals surface area contributed by atoms with Crippen LogP contribution in [0.25, 0.3) is 10.2 Å². The summed E-state index contributed by atoms with van der Waals surface area (Å²) in [5.41, 5.74) is 0.671. The van der Waals surface area contributed by atoms with Crippen LogP contribution in [0.4, 0.5) is 30.7 Å². The average molecular weight is 888 g/mol. The molecule has 4 heterocycles. The number of thiazole rings is 2. The minimum atomic E-state index is -5.40. The van der Waals surface area contributed by atoms with E-state index in [0.29, 0.717) is 86.2 Å². The zero-order valence-electron chi connectivity index (χ0n) is 31.9. The Hall–Kier alpha value is -4.44. The number of ether oxygens (including phenoxy) is 3. The Morgan fingerprint density at radius 2 is 1.72 bits per heavy atom. The van der Waals surface area contributed by atoms with Crippen molar-refractivity contribution < 1.29 is 59.3 Å². The highest BCUT2D eigenvalue weighted by atomic mass is 32.1. The van der Waals surface area contributed by atoms with Crippen molar-refractivity contribution in [2.45, 2.75) is 81.5 Å². The molecule has 3 aliphatic rings. The molecule has 324 valence electrons. The van der Waals surface area contributed by atoms with Gasteiger partial charge in [0.2, 0.25) is 0 Å². The number of nitrogens with zero attached hydrogens (tertiary/aromatic N) is 3. The van der Waals surface area contributed by atoms with E-state index in [4.69, 9.17) is 14.5 Å². The van der Waals surface area contributed by atoms with Crippen LogP contribution in [0.3, 0.4) is 0 Å². The van der Waals surface area contributed by atoms with Crippen molar-refractivity contribution in [3.05, 3.63) is 78.6 Å². The van der Waals surface area contributed by atoms with Crippen molar-refractivity contribution in [3.8, 4) is 5.75 Å². The third-order valence-electron chi connectivity index (χ3n) is 10.9. The predicted molar refractivity (Wildman–Crippen MR) is 204 cm³/mol. The van der Waals surface area contributed by atoms with E-state index in [9.17, 15) is 49.9 Å². The highest BCUT2D eigenvalue weighted by molar-refractivity contribution is 7.16. The van der Waals surface area contributed by atoms with Crippen molar-refractivity contribution in [3.63, 3.8) is 0 Å². The number of aromatic amines is 1. The number of alkyl halides is 6. The second-order valence-electron chi connectivity index (χ2n) is 15.2. The number of piperidine rings is 1. The number of esters is 2. The Kier molecular flexibility index (Phi) is 13.0. The van der Waals surface area contributed by atoms with E-state index >= 15 is 0 Å². The Labute approximate surface area is 346 Å². The van der Waals surface area contributed by atoms with E-state index < -0.39 is 64.5 Å². The quantitative estimate of drug-likeness (QED) is 0.0676. The summed E-state index contributed by atoms with van der Waals surface area (Å²) in [5.74, 6) is -6.00. The van der Waals surface area contributed by atoms with Crippen LogP contribution >= 0.6 is 22.7 Å². The molecule has 0 unspecified atom stereocenters. The molecule has 1 aliphatic carbocycles. The van der Waals surface area contributed by atoms with Crippen LogP contribution in [0.5, 0.6) is 5.75 Å². The lowest BCUT2D eigenvalue weighted by molar-refractivity contribution is -0.205. The summed E-state index contributed by atoms with van der Waals surface area (Å²) in [5, 5.41) is 5.77. The number of halogens is 7. The lowest BCUT2D eigenvalue weighted by Crippen LogP contribution is -2.58. The number of nitrogens with one attached hydrogen (secondary N) is 2. The molecule has 1 amide bonds. The zero-order valence-corrected chi connectivity index (χ0v) is 33.5. The van der Waals surface area contributed by atoms with Crippen LogP contribution in [0.1, 0.15) is 82.7 Å². The summed E-state index contributed by atoms with van der Waals surface area (Å²) in [6.45, 7) is 2.71. The first-order chi connectivity index (χ1) is 28.5. The Morgan fingerprint density at radius 1 is 1.00 bits per heavy atom. The molecule has 7 rings (SSSR count). The highest BCUT2D eigenvalue weighted by Crippen LogP contribution is 2.38. The van der Waals surface area contributed by atoms with Crippen LogP contribution in [0, 0.1) is 5.82 Å². The fraction of sp³-hybridized carbons (Fsp3) is 0.513. The number of morpholine rings is 1. The molecule has 2 aromatic heterocycles. The SMILES string of the molecule is O=C(c1csc(C2CCCC2)n1)N1CCOC2(CCN(Cc3cc(F)cc(CCNC[C@H](OC(=O)C(F)(F)F)c4ccc(OC(=O)C(F)(F)F)c5[nH]c(=O)sc45)c3)CC2)C1. The third kappa shape index (κ3) is 10.4. The van der Waals surface area contributed by atoms with Gasteiger partial charge in [-0.3, -0.25) is 14.5 Å². The minimum absolute atomic E-state index is 0.0678. The van der Waals surface area contributed by atoms with Gasteiger partial charge in [-0.25, -0.2) is 19.0 Å². The van der Waals surface area contributed by atoms with Gasteiger partial charge in [0.1, 0.15) is 23.1 Å². The van der Waals surface area contributed by atoms with E-state index in [-0.39, 0.29) is 29.1 Å². The monoisotopic (exact) mass is 887 g/mol. The van der Waals surface area contributed by atoms with Gasteiger partial charge in [0, 0.05) is 49.6 Å². The molecule has 2 N–H and O–H groups in total. The maximum atomic E-state index is 14.9. The number of rotatable bonds is 12. The number of hydrogen-bond donors (Lipinski definition) is 2. The molecule has 2 saturated heterocycles. The fourth-order valence-electron chi connectivity index (χ4n) is 7.96. The third-order valence-corrected chi connectivity index (χ3v) is 12.9. The van der Waals surface area contributed by atoms with Gasteiger partial charge >= 0.3 is 29.2 Å². The van der Waals surface area contributed by atoms with E-state index in [1.54, 1.807) is 11.3 Å². The second kappa shape index (κ2) is 17.9. The maximum Gasteiger partial charge on any atom is 0.491 e. The zero-order chi connectivity index (χ0) is 42.8. The number of carbonyl (C=O) groups excluding carboxylic acids is 3. The van der Waals surface area contributed by atoms with Crippen LogP contribution < -0.4 is 14.9 Å². The smallest absolute Gasteiger partial charge is 0.449 e. The van der Waals surface area contributed by atoms with E-state index in [2.05, 4.69) is 19.9 Å². The first-order valence-corrected chi connectivity index (χ1v) is 21.0. The molecule has 0 bridgehead atoms. The average Bonchev–Trinajstić information content (AvgIpc) is 3.98. The number of amides is 1. The Morgan fingerprint density at radius 3 is 2.43 bits per heavy atom. The molecule has 0 radical (unpaired) electrons. The van der Waals surface area contributed by atoms with E-state index in [1.807, 2.05) is 16.3 Å². The van der Waals surface area contributed by atoms with Crippen LogP contribution in [-0.4, -0.2) is 101 Å². The van der Waals surface area contributed by atoms with Gasteiger partial charge in [0.25, 0.3) is 5.91 Å². The largest absolute Gasteiger partial charge is 0.491 e. The van der Waals surface area contributed by atoms with Crippen molar-refractivity contribution in [2.24, 2.45) is 0 Å². The topological polar surface area (TPSA) is 143 Å². The van der Waals surface area contributed by atoms with E-state index in [0.717, 1.165) is 30.0 Å². The van der Waals surface area contributed by atoms with Gasteiger partial charge in [-0.1, -0.05) is 30.2 Å². The molecule has 4 aromatic rings. The standard InChI is InChI=1S/C39H40F7N5O7S2/c40-25-16-22(7-10-47-18-29(58-35(54)39(44,45)46)26-5-6-28(57-34(53)38(41,42)43)30-31(26)60-36(55)49-30)15-23(17-25)19-50-11-8-37(9-12-50)21-51(13-14-56-37)33(52)27-20-59-32(48-27)24-3-1-2-4-24/h5-6,15-17,20,24,29,47H,1-4,7-14,18-19,21H2,(H,49,55)/t29-/m0/s1. The number of H-pyrrole nitrogens is 1. The highest BCUT2D eigenvalue weighted by Gasteiger charge is 2.44. The molecule has 2 aromatic carbocycles. The maximum absolute atomic E-state index is 14.9. The van der Waals surface area contributed by atoms with Gasteiger partial charge in [-0.05, 0) is 74.0 Å². The van der Waals surface area contributed by atoms with Gasteiger partial charge < -0.3 is 29.4 Å². The van der Waals surface area contributed by atoms with Crippen LogP contribution in [0.2, 0.25) is 0 Å². The summed E-state index contributed by atoms with van der Waals surface area (Å²) in [7, 11) is 0. The normalized spacial score (nSPS) is 18.3. The van der Waals surface area contributed by atoms with E-state index in [1.165, 1.54) is 25.0 Å². The molecule has 12 nitrogen and oxygen atoms in total. The molecule has 1 saturated carbocycles. The number of likely N-dealkylation sites (tertiary alicyclic amines) is 1. The molecular weight excluding hydrogens is 848 g/mol. The molecule has 3 fully saturated rings. The summed E-state index contributed by atoms with van der Waals surface area (Å²) in [4.78, 5) is 59.1. The molecule has 1 atom stereocenters. The lowest BCUT2D eigenvalue weighted by atomic mass is 9.89. The minimum Gasteiger partial charge on any atom is -0.449 e. The van der Waals surface area contributed by atoms with Crippen molar-refractivity contribution in [1.29, 1.82) is 0 Å². The summed E-state index contributed by atoms with van der Waals surface area (Å²) >= 11 is 1.96. The number of benzene rings is 2. The fourth-order valence-corrected chi connectivity index (χ4v) is 9.84. The summed E-state index contributed by atoms with van der Waals surface area (Å²) < 4.78 is 108. The van der Waals surface area contributed by atoms with Gasteiger partial charge in [-0.15, -0.1) is 11.3 Å². The van der Waals surface area contributed by atoms with Crippen molar-refractivity contribution in [2.75, 3.05) is 45.9 Å². The molecule has 21 heteroatoms. The van der Waals surface area contributed by atoms with Crippen LogP contribution in [0.15, 0.2) is 40.5 Å². The van der Waals surface area contributed by atoms with Crippen LogP contribution in [-0.2, 0) is 32.0 Å². The summed E-state index contributed by atoms with van der Waals surface area (Å²) in [6.07, 6.45) is -6.36. The molecule has 2 aliphatic heterocycles. The van der Waals surface area contributed by atoms with Crippen molar-refractivity contribution in [1.82, 2.24) is 25.1 Å². The Balaban J connectivity index is 0.949. The molecular formula is C39H40F7N5O7S2. The number of carbonyl (C=O) groups is 3. The number of fused-ring (bicyclic) bond motifs is 1. The summed E-state index contributed by atoms with van der Waals surface area (Å²) in [6, 6.07) is 6.38. The molecule has 60 heavy (non-hydrogen) atoms. The first kappa shape index (κ1) is 43.6. The number of hydrogen-bond acceptors (Lipinski definition) is 12. The van der Waals surface area contributed by atoms with Gasteiger partial charge in [-0.2, -0.15) is 26.3 Å². The Bertz CT molecular complexity index is 2260. The first-order valence-electron chi connectivity index (χ1n) is 19.3. The second-order valence-corrected chi connectivity index (χ2v) is 17.0. The van der Waals surface area contributed by atoms with Crippen molar-refractivity contribution >= 4 is 50.7 Å². The number of aromatic nitrogens is 2. The molecule has 1 spiro atoms. The van der Waals surface area contributed by atoms with Gasteiger partial charge in [0.05, 0.1) is 28.5 Å². The predicted octanol–water partition coefficient (Wildman–Crippen LogP) is 6.80. The van der Waals surface area contributed by atoms with Gasteiger partial charge in [0.15, 0.2) is 5.75 Å².